The fourth-order valence-corrected chi connectivity index (χ4v) is 3.61. The zero-order valence-corrected chi connectivity index (χ0v) is 13.5. The summed E-state index contributed by atoms with van der Waals surface area (Å²) in [5, 5.41) is 19.1. The molecule has 0 saturated carbocycles. The maximum Gasteiger partial charge on any atom is 0.0900 e. The third-order valence-corrected chi connectivity index (χ3v) is 5.03. The summed E-state index contributed by atoms with van der Waals surface area (Å²) in [5.41, 5.74) is 1.31. The molecule has 1 aliphatic heterocycles. The van der Waals surface area contributed by atoms with Gasteiger partial charge in [0.05, 0.1) is 25.5 Å². The second-order valence-electron chi connectivity index (χ2n) is 5.85. The van der Waals surface area contributed by atoms with Gasteiger partial charge in [0.1, 0.15) is 0 Å². The summed E-state index contributed by atoms with van der Waals surface area (Å²) < 4.78 is 5.58. The van der Waals surface area contributed by atoms with Gasteiger partial charge < -0.3 is 14.7 Å². The van der Waals surface area contributed by atoms with Gasteiger partial charge in [-0.05, 0) is 48.9 Å². The largest absolute Gasteiger partial charge is 0.389 e. The fourth-order valence-electron chi connectivity index (χ4n) is 2.97. The van der Waals surface area contributed by atoms with Crippen LogP contribution in [0, 0.1) is 0 Å². The van der Waals surface area contributed by atoms with Crippen LogP contribution in [0.15, 0.2) is 29.9 Å². The molecule has 1 aliphatic rings. The van der Waals surface area contributed by atoms with Gasteiger partial charge in [-0.2, -0.15) is 5.10 Å². The molecule has 0 radical (unpaired) electrons. The minimum absolute atomic E-state index is 0.402. The lowest BCUT2D eigenvalue weighted by molar-refractivity contribution is 0.00695. The summed E-state index contributed by atoms with van der Waals surface area (Å²) in [4.78, 5) is 3.53. The quantitative estimate of drug-likeness (QED) is 0.821. The van der Waals surface area contributed by atoms with Crippen LogP contribution in [0.25, 0.3) is 0 Å². The molecule has 1 saturated heterocycles. The van der Waals surface area contributed by atoms with Crippen molar-refractivity contribution in [2.45, 2.75) is 31.5 Å². The van der Waals surface area contributed by atoms with Crippen LogP contribution in [0.2, 0.25) is 0 Å². The SMILES string of the molecule is O[C@H](COCc1cccs1)CN1CCC(c2cn[nH]c2)CC1. The number of hydrogen-bond acceptors (Lipinski definition) is 5. The van der Waals surface area contributed by atoms with Crippen LogP contribution in [0.4, 0.5) is 0 Å². The Kier molecular flexibility index (Phi) is 5.61. The van der Waals surface area contributed by atoms with Crippen molar-refractivity contribution in [2.75, 3.05) is 26.2 Å². The molecule has 120 valence electrons. The molecule has 2 aromatic heterocycles. The van der Waals surface area contributed by atoms with Crippen molar-refractivity contribution in [1.82, 2.24) is 15.1 Å². The van der Waals surface area contributed by atoms with E-state index < -0.39 is 6.10 Å². The summed E-state index contributed by atoms with van der Waals surface area (Å²) in [7, 11) is 0. The topological polar surface area (TPSA) is 61.4 Å². The van der Waals surface area contributed by atoms with E-state index in [0.717, 1.165) is 25.9 Å². The Morgan fingerprint density at radius 3 is 3.00 bits per heavy atom. The number of ether oxygens (including phenoxy) is 1. The molecule has 3 rings (SSSR count). The first-order chi connectivity index (χ1) is 10.8. The number of aromatic amines is 1. The van der Waals surface area contributed by atoms with Gasteiger partial charge in [-0.15, -0.1) is 11.3 Å². The lowest BCUT2D eigenvalue weighted by Gasteiger charge is -2.32. The van der Waals surface area contributed by atoms with Crippen molar-refractivity contribution >= 4 is 11.3 Å². The van der Waals surface area contributed by atoms with Gasteiger partial charge in [0.25, 0.3) is 0 Å². The minimum Gasteiger partial charge on any atom is -0.389 e. The van der Waals surface area contributed by atoms with Gasteiger partial charge in [-0.3, -0.25) is 5.10 Å². The van der Waals surface area contributed by atoms with Crippen LogP contribution in [0.1, 0.15) is 29.2 Å². The number of thiophene rings is 1. The molecular weight excluding hydrogens is 298 g/mol. The third-order valence-electron chi connectivity index (χ3n) is 4.18. The molecule has 0 aliphatic carbocycles. The number of aromatic nitrogens is 2. The Labute approximate surface area is 134 Å². The smallest absolute Gasteiger partial charge is 0.0900 e. The van der Waals surface area contributed by atoms with Crippen molar-refractivity contribution in [3.8, 4) is 0 Å². The number of rotatable bonds is 7. The summed E-state index contributed by atoms with van der Waals surface area (Å²) in [6.07, 6.45) is 5.76. The Hall–Kier alpha value is -1.21. The highest BCUT2D eigenvalue weighted by atomic mass is 32.1. The molecule has 1 fully saturated rings. The van der Waals surface area contributed by atoms with Crippen LogP contribution in [-0.2, 0) is 11.3 Å². The minimum atomic E-state index is -0.412. The highest BCUT2D eigenvalue weighted by Crippen LogP contribution is 2.27. The Morgan fingerprint density at radius 1 is 1.45 bits per heavy atom. The van der Waals surface area contributed by atoms with E-state index in [-0.39, 0.29) is 0 Å². The maximum absolute atomic E-state index is 10.1. The van der Waals surface area contributed by atoms with Gasteiger partial charge in [0.15, 0.2) is 0 Å². The summed E-state index contributed by atoms with van der Waals surface area (Å²) in [5.74, 6) is 0.599. The lowest BCUT2D eigenvalue weighted by Crippen LogP contribution is -2.39. The molecule has 0 unspecified atom stereocenters. The van der Waals surface area contributed by atoms with E-state index in [1.807, 2.05) is 23.8 Å². The number of H-pyrrole nitrogens is 1. The molecule has 0 amide bonds. The highest BCUT2D eigenvalue weighted by Gasteiger charge is 2.22. The van der Waals surface area contributed by atoms with E-state index >= 15 is 0 Å². The van der Waals surface area contributed by atoms with E-state index in [0.29, 0.717) is 25.7 Å². The number of hydrogen-bond donors (Lipinski definition) is 2. The average molecular weight is 321 g/mol. The number of nitrogens with one attached hydrogen (secondary N) is 1. The molecule has 6 heteroatoms. The molecule has 22 heavy (non-hydrogen) atoms. The number of nitrogens with zero attached hydrogens (tertiary/aromatic N) is 2. The average Bonchev–Trinajstić information content (AvgIpc) is 3.21. The van der Waals surface area contributed by atoms with Crippen molar-refractivity contribution in [3.05, 3.63) is 40.3 Å². The Bertz CT molecular complexity index is 522. The van der Waals surface area contributed by atoms with Gasteiger partial charge >= 0.3 is 0 Å². The second kappa shape index (κ2) is 7.87. The molecular formula is C16H23N3O2S. The van der Waals surface area contributed by atoms with Gasteiger partial charge in [0, 0.05) is 17.6 Å². The van der Waals surface area contributed by atoms with Gasteiger partial charge in [-0.1, -0.05) is 6.07 Å². The van der Waals surface area contributed by atoms with Crippen molar-refractivity contribution in [3.63, 3.8) is 0 Å². The zero-order chi connectivity index (χ0) is 15.2. The maximum atomic E-state index is 10.1. The Morgan fingerprint density at radius 2 is 2.32 bits per heavy atom. The summed E-state index contributed by atoms with van der Waals surface area (Å²) in [6, 6.07) is 4.07. The van der Waals surface area contributed by atoms with E-state index in [1.54, 1.807) is 11.3 Å². The summed E-state index contributed by atoms with van der Waals surface area (Å²) >= 11 is 1.68. The van der Waals surface area contributed by atoms with Crippen LogP contribution in [0.3, 0.4) is 0 Å². The molecule has 0 aromatic carbocycles. The van der Waals surface area contributed by atoms with Crippen molar-refractivity contribution in [2.24, 2.45) is 0 Å². The first-order valence-electron chi connectivity index (χ1n) is 7.80. The van der Waals surface area contributed by atoms with Crippen LogP contribution in [-0.4, -0.2) is 52.5 Å². The lowest BCUT2D eigenvalue weighted by atomic mass is 9.91. The molecule has 2 aromatic rings. The van der Waals surface area contributed by atoms with Gasteiger partial charge in [-0.25, -0.2) is 0 Å². The molecule has 0 spiro atoms. The fraction of sp³-hybridized carbons (Fsp3) is 0.562. The first-order valence-corrected chi connectivity index (χ1v) is 8.68. The highest BCUT2D eigenvalue weighted by molar-refractivity contribution is 7.09. The van der Waals surface area contributed by atoms with E-state index in [2.05, 4.69) is 21.2 Å². The number of aliphatic hydroxyl groups is 1. The molecule has 3 heterocycles. The van der Waals surface area contributed by atoms with Gasteiger partial charge in [0.2, 0.25) is 0 Å². The van der Waals surface area contributed by atoms with E-state index in [4.69, 9.17) is 4.74 Å². The Balaban J connectivity index is 1.33. The monoisotopic (exact) mass is 321 g/mol. The number of β-amino-alcohol motifs (C(OH)–C–C–N with tert-alkyl or cyclic N) is 1. The molecule has 1 atom stereocenters. The predicted octanol–water partition coefficient (Wildman–Crippen LogP) is 2.23. The first kappa shape index (κ1) is 15.7. The third kappa shape index (κ3) is 4.39. The van der Waals surface area contributed by atoms with Crippen LogP contribution >= 0.6 is 11.3 Å². The van der Waals surface area contributed by atoms with Crippen molar-refractivity contribution < 1.29 is 9.84 Å². The predicted molar refractivity (Wildman–Crippen MR) is 87.0 cm³/mol. The van der Waals surface area contributed by atoms with E-state index in [1.165, 1.54) is 10.4 Å². The van der Waals surface area contributed by atoms with Crippen LogP contribution < -0.4 is 0 Å². The normalized spacial score (nSPS) is 18.6. The second-order valence-corrected chi connectivity index (χ2v) is 6.89. The molecule has 5 nitrogen and oxygen atoms in total. The van der Waals surface area contributed by atoms with Crippen molar-refractivity contribution in [1.29, 1.82) is 0 Å². The molecule has 0 bridgehead atoms. The standard InChI is InChI=1S/C16H23N3O2S/c20-15(11-21-12-16-2-1-7-22-16)10-19-5-3-13(4-6-19)14-8-17-18-9-14/h1-2,7-9,13,15,20H,3-6,10-12H2,(H,17,18)/t15-/m0/s1. The zero-order valence-electron chi connectivity index (χ0n) is 12.6. The number of likely N-dealkylation sites (tertiary alicyclic amines) is 1. The number of aliphatic hydroxyl groups excluding tert-OH is 1. The van der Waals surface area contributed by atoms with Crippen LogP contribution in [0.5, 0.6) is 0 Å². The molecule has 2 N–H and O–H groups in total. The van der Waals surface area contributed by atoms with E-state index in [9.17, 15) is 5.11 Å². The number of piperidine rings is 1. The summed E-state index contributed by atoms with van der Waals surface area (Å²) in [6.45, 7) is 3.75.